The van der Waals surface area contributed by atoms with Crippen LogP contribution in [0.25, 0.3) is 0 Å². The van der Waals surface area contributed by atoms with Gasteiger partial charge in [0.25, 0.3) is 0 Å². The van der Waals surface area contributed by atoms with Crippen molar-refractivity contribution in [2.24, 2.45) is 17.6 Å². The number of benzene rings is 1. The highest BCUT2D eigenvalue weighted by atomic mass is 35.5. The van der Waals surface area contributed by atoms with Gasteiger partial charge < -0.3 is 10.6 Å². The minimum Gasteiger partial charge on any atom is -0.330 e. The molecule has 1 aliphatic heterocycles. The molecule has 1 saturated heterocycles. The fraction of sp³-hybridized carbons (Fsp3) is 0.625. The van der Waals surface area contributed by atoms with E-state index in [-0.39, 0.29) is 12.4 Å². The summed E-state index contributed by atoms with van der Waals surface area (Å²) in [6.07, 6.45) is 4.33. The minimum atomic E-state index is 0. The lowest BCUT2D eigenvalue weighted by molar-refractivity contribution is 0.200. The van der Waals surface area contributed by atoms with E-state index in [2.05, 4.69) is 35.2 Å². The van der Waals surface area contributed by atoms with Gasteiger partial charge in [-0.1, -0.05) is 36.8 Å². The number of likely N-dealkylation sites (tertiary alicyclic amines) is 1. The maximum absolute atomic E-state index is 5.97. The Labute approximate surface area is 122 Å². The average Bonchev–Trinajstić information content (AvgIpc) is 2.78. The predicted octanol–water partition coefficient (Wildman–Crippen LogP) is 2.88. The fourth-order valence-electron chi connectivity index (χ4n) is 3.47. The molecule has 19 heavy (non-hydrogen) atoms. The third kappa shape index (κ3) is 3.31. The summed E-state index contributed by atoms with van der Waals surface area (Å²) in [4.78, 5) is 2.65. The van der Waals surface area contributed by atoms with E-state index in [0.29, 0.717) is 11.8 Å². The topological polar surface area (TPSA) is 29.3 Å². The summed E-state index contributed by atoms with van der Waals surface area (Å²) in [6.45, 7) is 4.54. The molecule has 2 nitrogen and oxygen atoms in total. The second-order valence-corrected chi connectivity index (χ2v) is 6.03. The van der Waals surface area contributed by atoms with Gasteiger partial charge in [0.1, 0.15) is 0 Å². The molecule has 0 aromatic heterocycles. The van der Waals surface area contributed by atoms with Crippen LogP contribution in [0, 0.1) is 11.8 Å². The van der Waals surface area contributed by atoms with E-state index in [1.54, 1.807) is 0 Å². The molecule has 1 saturated carbocycles. The highest BCUT2D eigenvalue weighted by Gasteiger charge is 2.34. The summed E-state index contributed by atoms with van der Waals surface area (Å²) < 4.78 is 0. The predicted molar refractivity (Wildman–Crippen MR) is 82.8 cm³/mol. The van der Waals surface area contributed by atoms with Crippen molar-refractivity contribution < 1.29 is 0 Å². The molecule has 2 fully saturated rings. The van der Waals surface area contributed by atoms with Crippen molar-refractivity contribution in [1.82, 2.24) is 4.90 Å². The summed E-state index contributed by atoms with van der Waals surface area (Å²) in [5, 5.41) is 0. The zero-order valence-corrected chi connectivity index (χ0v) is 12.3. The van der Waals surface area contributed by atoms with Crippen LogP contribution in [0.3, 0.4) is 0 Å². The number of nitrogens with two attached hydrogens (primary N) is 1. The molecule has 3 heteroatoms. The van der Waals surface area contributed by atoms with Gasteiger partial charge in [0.05, 0.1) is 0 Å². The van der Waals surface area contributed by atoms with Gasteiger partial charge in [0.15, 0.2) is 0 Å². The molecule has 0 spiro atoms. The summed E-state index contributed by atoms with van der Waals surface area (Å²) in [5.41, 5.74) is 7.45. The molecule has 0 bridgehead atoms. The zero-order chi connectivity index (χ0) is 12.4. The van der Waals surface area contributed by atoms with E-state index in [9.17, 15) is 0 Å². The largest absolute Gasteiger partial charge is 0.330 e. The molecule has 1 heterocycles. The maximum Gasteiger partial charge on any atom is 0.00541 e. The number of nitrogens with zero attached hydrogens (tertiary/aromatic N) is 1. The Morgan fingerprint density at radius 3 is 2.42 bits per heavy atom. The summed E-state index contributed by atoms with van der Waals surface area (Å²) in [6, 6.07) is 10.9. The molecule has 0 amide bonds. The first-order valence-electron chi connectivity index (χ1n) is 7.34. The summed E-state index contributed by atoms with van der Waals surface area (Å²) in [7, 11) is 0. The van der Waals surface area contributed by atoms with Gasteiger partial charge in [0, 0.05) is 25.6 Å². The van der Waals surface area contributed by atoms with Crippen LogP contribution in [0.4, 0.5) is 0 Å². The number of rotatable bonds is 4. The van der Waals surface area contributed by atoms with Crippen LogP contribution in [0.2, 0.25) is 0 Å². The van der Waals surface area contributed by atoms with E-state index >= 15 is 0 Å². The van der Waals surface area contributed by atoms with Crippen molar-refractivity contribution in [3.8, 4) is 0 Å². The molecule has 1 aromatic carbocycles. The van der Waals surface area contributed by atoms with E-state index in [0.717, 1.165) is 12.5 Å². The third-order valence-corrected chi connectivity index (χ3v) is 4.79. The minimum absolute atomic E-state index is 0. The lowest BCUT2D eigenvalue weighted by Crippen LogP contribution is -2.31. The average molecular weight is 281 g/mol. The number of hydrogen-bond acceptors (Lipinski definition) is 2. The van der Waals surface area contributed by atoms with Gasteiger partial charge in [-0.2, -0.15) is 0 Å². The van der Waals surface area contributed by atoms with Crippen molar-refractivity contribution >= 4 is 12.4 Å². The first-order valence-corrected chi connectivity index (χ1v) is 7.34. The SMILES string of the molecule is Cl.NC[C@@H]1CN(CC2CCC2)C[C@H]1c1ccccc1. The Bertz CT molecular complexity index is 378. The Morgan fingerprint density at radius 2 is 1.84 bits per heavy atom. The Balaban J connectivity index is 0.00000133. The molecular formula is C16H25ClN2. The van der Waals surface area contributed by atoms with Crippen LogP contribution in [0.15, 0.2) is 30.3 Å². The second kappa shape index (κ2) is 6.74. The molecule has 2 N–H and O–H groups in total. The molecule has 2 aliphatic rings. The van der Waals surface area contributed by atoms with Gasteiger partial charge in [-0.3, -0.25) is 0 Å². The van der Waals surface area contributed by atoms with Crippen LogP contribution < -0.4 is 5.73 Å². The highest BCUT2D eigenvalue weighted by Crippen LogP contribution is 2.35. The van der Waals surface area contributed by atoms with E-state index in [1.807, 2.05) is 0 Å². The fourth-order valence-corrected chi connectivity index (χ4v) is 3.47. The maximum atomic E-state index is 5.97. The van der Waals surface area contributed by atoms with Gasteiger partial charge in [-0.05, 0) is 36.8 Å². The number of halogens is 1. The molecule has 0 unspecified atom stereocenters. The van der Waals surface area contributed by atoms with Crippen molar-refractivity contribution in [2.75, 3.05) is 26.2 Å². The quantitative estimate of drug-likeness (QED) is 0.919. The van der Waals surface area contributed by atoms with Gasteiger partial charge in [-0.15, -0.1) is 12.4 Å². The zero-order valence-electron chi connectivity index (χ0n) is 11.5. The molecule has 0 radical (unpaired) electrons. The van der Waals surface area contributed by atoms with Crippen LogP contribution >= 0.6 is 12.4 Å². The van der Waals surface area contributed by atoms with Crippen LogP contribution in [0.5, 0.6) is 0 Å². The molecular weight excluding hydrogens is 256 g/mol. The smallest absolute Gasteiger partial charge is 0.00541 e. The molecule has 3 rings (SSSR count). The van der Waals surface area contributed by atoms with E-state index in [1.165, 1.54) is 44.5 Å². The number of hydrogen-bond donors (Lipinski definition) is 1. The first-order chi connectivity index (χ1) is 8.86. The van der Waals surface area contributed by atoms with Crippen molar-refractivity contribution in [3.05, 3.63) is 35.9 Å². The van der Waals surface area contributed by atoms with Crippen molar-refractivity contribution in [1.29, 1.82) is 0 Å². The summed E-state index contributed by atoms with van der Waals surface area (Å²) >= 11 is 0. The Hall–Kier alpha value is -0.570. The van der Waals surface area contributed by atoms with Crippen LogP contribution in [-0.2, 0) is 0 Å². The first kappa shape index (κ1) is 14.8. The summed E-state index contributed by atoms with van der Waals surface area (Å²) in [5.74, 6) is 2.27. The monoisotopic (exact) mass is 280 g/mol. The lowest BCUT2D eigenvalue weighted by Gasteiger charge is -2.30. The molecule has 1 aromatic rings. The molecule has 2 atom stereocenters. The Kier molecular flexibility index (Phi) is 5.26. The van der Waals surface area contributed by atoms with E-state index in [4.69, 9.17) is 5.73 Å². The Morgan fingerprint density at radius 1 is 1.11 bits per heavy atom. The van der Waals surface area contributed by atoms with Crippen molar-refractivity contribution in [3.63, 3.8) is 0 Å². The van der Waals surface area contributed by atoms with Gasteiger partial charge in [0.2, 0.25) is 0 Å². The highest BCUT2D eigenvalue weighted by molar-refractivity contribution is 5.85. The standard InChI is InChI=1S/C16H24N2.ClH/c17-9-15-11-18(10-13-5-4-6-13)12-16(15)14-7-2-1-3-8-14;/h1-3,7-8,13,15-16H,4-6,9-12,17H2;1H/t15-,16+;/m1./s1. The molecule has 106 valence electrons. The van der Waals surface area contributed by atoms with Gasteiger partial charge >= 0.3 is 0 Å². The second-order valence-electron chi connectivity index (χ2n) is 6.03. The van der Waals surface area contributed by atoms with Crippen LogP contribution in [-0.4, -0.2) is 31.1 Å². The molecule has 1 aliphatic carbocycles. The third-order valence-electron chi connectivity index (χ3n) is 4.79. The van der Waals surface area contributed by atoms with Gasteiger partial charge in [-0.25, -0.2) is 0 Å². The van der Waals surface area contributed by atoms with Crippen molar-refractivity contribution in [2.45, 2.75) is 25.2 Å². The van der Waals surface area contributed by atoms with Crippen LogP contribution in [0.1, 0.15) is 30.7 Å². The lowest BCUT2D eigenvalue weighted by atomic mass is 9.85. The normalized spacial score (nSPS) is 27.8. The van der Waals surface area contributed by atoms with E-state index < -0.39 is 0 Å².